The Bertz CT molecular complexity index is 343. The van der Waals surface area contributed by atoms with Gasteiger partial charge in [-0.1, -0.05) is 0 Å². The third-order valence-electron chi connectivity index (χ3n) is 1.27. The van der Waals surface area contributed by atoms with E-state index in [-0.39, 0.29) is 5.56 Å². The molecule has 0 aliphatic rings. The molecule has 1 aromatic carbocycles. The number of carbonyl (C=O) groups is 1. The fourth-order valence-corrected chi connectivity index (χ4v) is 1.85. The Morgan fingerprint density at radius 2 is 2.17 bits per heavy atom. The predicted octanol–water partition coefficient (Wildman–Crippen LogP) is 0.195. The molecule has 0 radical (unpaired) electrons. The van der Waals surface area contributed by atoms with Crippen LogP contribution in [-0.2, 0) is 0 Å². The number of hydrogen-bond donors (Lipinski definition) is 1. The van der Waals surface area contributed by atoms with E-state index in [0.717, 1.165) is 0 Å². The summed E-state index contributed by atoms with van der Waals surface area (Å²) in [5, 5.41) is 17.1. The number of carboxylic acid groups (broad SMARTS) is 1. The molecule has 0 aliphatic carbocycles. The molecule has 0 bridgehead atoms. The number of nitrogens with zero attached hydrogens (tertiary/aromatic N) is 1. The molecule has 1 rings (SSSR count). The van der Waals surface area contributed by atoms with E-state index in [0.29, 0.717) is 4.46 Å². The van der Waals surface area contributed by atoms with Crippen molar-refractivity contribution in [2.75, 3.05) is 0 Å². The summed E-state index contributed by atoms with van der Waals surface area (Å²) in [6.45, 7) is 0. The standard InChI is InChI=1S/C8H5NO2Se/c9-5-12-7-4-2-1-3-6(7)8(10)11/h1-4H,(H,10,11). The van der Waals surface area contributed by atoms with Crippen LogP contribution >= 0.6 is 0 Å². The number of benzene rings is 1. The van der Waals surface area contributed by atoms with Gasteiger partial charge in [0.15, 0.2) is 0 Å². The molecule has 0 aliphatic heterocycles. The van der Waals surface area contributed by atoms with E-state index in [1.807, 2.05) is 4.97 Å². The van der Waals surface area contributed by atoms with Crippen LogP contribution in [0.15, 0.2) is 24.3 Å². The van der Waals surface area contributed by atoms with Crippen molar-refractivity contribution < 1.29 is 9.90 Å². The van der Waals surface area contributed by atoms with Crippen molar-refractivity contribution in [2.24, 2.45) is 0 Å². The van der Waals surface area contributed by atoms with Gasteiger partial charge in [0.1, 0.15) is 0 Å². The summed E-state index contributed by atoms with van der Waals surface area (Å²) < 4.78 is 0.625. The molecular weight excluding hydrogens is 221 g/mol. The number of aromatic carboxylic acids is 1. The Hall–Kier alpha value is -1.30. The zero-order valence-electron chi connectivity index (χ0n) is 6.02. The van der Waals surface area contributed by atoms with Crippen molar-refractivity contribution in [1.29, 1.82) is 5.26 Å². The van der Waals surface area contributed by atoms with Crippen LogP contribution in [-0.4, -0.2) is 26.0 Å². The molecular formula is C8H5NO2Se. The molecule has 0 atom stereocenters. The second-order valence-corrected chi connectivity index (χ2v) is 3.73. The van der Waals surface area contributed by atoms with Crippen molar-refractivity contribution >= 4 is 25.4 Å². The molecule has 3 nitrogen and oxygen atoms in total. The van der Waals surface area contributed by atoms with Gasteiger partial charge in [-0.05, 0) is 0 Å². The Balaban J connectivity index is 3.10. The minimum atomic E-state index is -0.970. The Labute approximate surface area is 75.8 Å². The van der Waals surface area contributed by atoms with Gasteiger partial charge in [-0.25, -0.2) is 0 Å². The first-order chi connectivity index (χ1) is 5.75. The van der Waals surface area contributed by atoms with Crippen LogP contribution in [0.5, 0.6) is 0 Å². The van der Waals surface area contributed by atoms with E-state index in [1.165, 1.54) is 6.07 Å². The third kappa shape index (κ3) is 1.85. The van der Waals surface area contributed by atoms with Gasteiger partial charge in [-0.2, -0.15) is 0 Å². The number of rotatable bonds is 2. The molecule has 0 heterocycles. The van der Waals surface area contributed by atoms with Gasteiger partial charge in [0.2, 0.25) is 0 Å². The second kappa shape index (κ2) is 3.91. The number of nitriles is 1. The summed E-state index contributed by atoms with van der Waals surface area (Å²) in [7, 11) is 0. The van der Waals surface area contributed by atoms with Crippen LogP contribution in [0.3, 0.4) is 0 Å². The maximum absolute atomic E-state index is 10.6. The Morgan fingerprint density at radius 3 is 2.75 bits per heavy atom. The van der Waals surface area contributed by atoms with Crippen LogP contribution < -0.4 is 4.46 Å². The van der Waals surface area contributed by atoms with Crippen LogP contribution in [0.1, 0.15) is 10.4 Å². The van der Waals surface area contributed by atoms with Crippen molar-refractivity contribution in [3.63, 3.8) is 0 Å². The molecule has 0 saturated heterocycles. The molecule has 1 N–H and O–H groups in total. The van der Waals surface area contributed by atoms with Gasteiger partial charge in [-0.3, -0.25) is 0 Å². The van der Waals surface area contributed by atoms with E-state index >= 15 is 0 Å². The molecule has 0 saturated carbocycles. The van der Waals surface area contributed by atoms with Gasteiger partial charge in [-0.15, -0.1) is 0 Å². The maximum atomic E-state index is 10.6. The SMILES string of the molecule is N#C[Se]c1ccccc1C(=O)O. The van der Waals surface area contributed by atoms with Crippen LogP contribution in [0.2, 0.25) is 0 Å². The monoisotopic (exact) mass is 227 g/mol. The summed E-state index contributed by atoms with van der Waals surface area (Å²) in [6, 6.07) is 6.57. The van der Waals surface area contributed by atoms with Crippen molar-refractivity contribution in [3.8, 4) is 4.97 Å². The van der Waals surface area contributed by atoms with Crippen LogP contribution in [0.4, 0.5) is 0 Å². The molecule has 0 amide bonds. The molecule has 0 unspecified atom stereocenters. The number of hydrogen-bond acceptors (Lipinski definition) is 2. The molecule has 0 fully saturated rings. The molecule has 0 spiro atoms. The van der Waals surface area contributed by atoms with Gasteiger partial charge in [0.05, 0.1) is 0 Å². The van der Waals surface area contributed by atoms with E-state index in [2.05, 4.69) is 0 Å². The van der Waals surface area contributed by atoms with Crippen molar-refractivity contribution in [2.45, 2.75) is 0 Å². The first-order valence-corrected chi connectivity index (χ1v) is 4.85. The van der Waals surface area contributed by atoms with Crippen LogP contribution in [0, 0.1) is 10.2 Å². The number of carboxylic acids is 1. The van der Waals surface area contributed by atoms with Crippen molar-refractivity contribution in [1.82, 2.24) is 0 Å². The molecule has 12 heavy (non-hydrogen) atoms. The first-order valence-electron chi connectivity index (χ1n) is 3.14. The zero-order valence-corrected chi connectivity index (χ0v) is 7.73. The first kappa shape index (κ1) is 8.79. The molecule has 1 aromatic rings. The normalized spacial score (nSPS) is 8.92. The predicted molar refractivity (Wildman–Crippen MR) is 44.4 cm³/mol. The fourth-order valence-electron chi connectivity index (χ4n) is 0.781. The van der Waals surface area contributed by atoms with Crippen molar-refractivity contribution in [3.05, 3.63) is 29.8 Å². The summed E-state index contributed by atoms with van der Waals surface area (Å²) in [6.07, 6.45) is 0. The summed E-state index contributed by atoms with van der Waals surface area (Å²) in [4.78, 5) is 12.6. The van der Waals surface area contributed by atoms with Gasteiger partial charge in [0, 0.05) is 0 Å². The minimum absolute atomic E-state index is 0.235. The van der Waals surface area contributed by atoms with Gasteiger partial charge >= 0.3 is 75.3 Å². The van der Waals surface area contributed by atoms with Gasteiger partial charge in [0.25, 0.3) is 0 Å². The zero-order chi connectivity index (χ0) is 8.97. The molecule has 0 aromatic heterocycles. The summed E-state index contributed by atoms with van der Waals surface area (Å²) >= 11 is -0.394. The topological polar surface area (TPSA) is 61.1 Å². The van der Waals surface area contributed by atoms with E-state index in [9.17, 15) is 4.79 Å². The molecule has 60 valence electrons. The van der Waals surface area contributed by atoms with E-state index < -0.39 is 20.9 Å². The molecule has 4 heteroatoms. The average molecular weight is 226 g/mol. The fraction of sp³-hybridized carbons (Fsp3) is 0. The van der Waals surface area contributed by atoms with Crippen LogP contribution in [0.25, 0.3) is 0 Å². The van der Waals surface area contributed by atoms with E-state index in [1.54, 1.807) is 18.2 Å². The van der Waals surface area contributed by atoms with Gasteiger partial charge < -0.3 is 0 Å². The van der Waals surface area contributed by atoms with E-state index in [4.69, 9.17) is 10.4 Å². The summed E-state index contributed by atoms with van der Waals surface area (Å²) in [5.74, 6) is -0.970. The third-order valence-corrected chi connectivity index (χ3v) is 2.67. The Morgan fingerprint density at radius 1 is 1.50 bits per heavy atom. The Kier molecular flexibility index (Phi) is 2.87. The average Bonchev–Trinajstić information content (AvgIpc) is 2.05. The quantitative estimate of drug-likeness (QED) is 0.732. The summed E-state index contributed by atoms with van der Waals surface area (Å²) in [5.41, 5.74) is 0.235. The second-order valence-electron chi connectivity index (χ2n) is 1.99.